The first kappa shape index (κ1) is 14.5. The van der Waals surface area contributed by atoms with Gasteiger partial charge >= 0.3 is 0 Å². The number of Topliss-reactive ketones (excluding diaryl/α,β-unsaturated/α-hetero) is 1. The second kappa shape index (κ2) is 5.58. The number of carbonyl (C=O) groups excluding carboxylic acids is 1. The summed E-state index contributed by atoms with van der Waals surface area (Å²) in [6, 6.07) is 0. The van der Waals surface area contributed by atoms with E-state index in [4.69, 9.17) is 10.3 Å². The molecular formula is C9H19NO4S. The summed E-state index contributed by atoms with van der Waals surface area (Å²) in [6.07, 6.45) is 2.63. The molecular weight excluding hydrogens is 218 g/mol. The van der Waals surface area contributed by atoms with Crippen LogP contribution >= 0.6 is 0 Å². The van der Waals surface area contributed by atoms with E-state index in [1.165, 1.54) is 0 Å². The van der Waals surface area contributed by atoms with Crippen LogP contribution in [0.15, 0.2) is 0 Å². The molecule has 0 aromatic rings. The molecule has 0 radical (unpaired) electrons. The number of hydrogen-bond acceptors (Lipinski definition) is 4. The van der Waals surface area contributed by atoms with Crippen LogP contribution in [0.25, 0.3) is 0 Å². The van der Waals surface area contributed by atoms with Gasteiger partial charge in [0.05, 0.1) is 0 Å². The molecule has 15 heavy (non-hydrogen) atoms. The van der Waals surface area contributed by atoms with Crippen LogP contribution in [0.1, 0.15) is 46.0 Å². The van der Waals surface area contributed by atoms with Gasteiger partial charge in [0.2, 0.25) is 0 Å². The van der Waals surface area contributed by atoms with E-state index < -0.39 is 15.0 Å². The average Bonchev–Trinajstić information content (AvgIpc) is 2.01. The van der Waals surface area contributed by atoms with E-state index in [-0.39, 0.29) is 12.2 Å². The van der Waals surface area contributed by atoms with Crippen molar-refractivity contribution in [2.24, 2.45) is 5.73 Å². The van der Waals surface area contributed by atoms with Crippen molar-refractivity contribution in [3.63, 3.8) is 0 Å². The predicted molar refractivity (Wildman–Crippen MR) is 57.9 cm³/mol. The lowest BCUT2D eigenvalue weighted by Crippen LogP contribution is -2.46. The number of unbranched alkanes of at least 4 members (excludes halogenated alkanes) is 2. The van der Waals surface area contributed by atoms with Crippen molar-refractivity contribution >= 4 is 15.9 Å². The van der Waals surface area contributed by atoms with Crippen LogP contribution in [0, 0.1) is 0 Å². The summed E-state index contributed by atoms with van der Waals surface area (Å²) in [4.78, 5) is 9.46. The third kappa shape index (κ3) is 5.25. The molecule has 0 aromatic carbocycles. The van der Waals surface area contributed by atoms with E-state index in [9.17, 15) is 13.2 Å². The Balaban J connectivity index is 4.18. The molecule has 0 aromatic heterocycles. The zero-order valence-electron chi connectivity index (χ0n) is 9.19. The van der Waals surface area contributed by atoms with Gasteiger partial charge in [0.25, 0.3) is 10.1 Å². The van der Waals surface area contributed by atoms with E-state index in [0.29, 0.717) is 6.42 Å². The summed E-state index contributed by atoms with van der Waals surface area (Å²) in [7, 11) is -4.37. The molecule has 0 saturated carbocycles. The van der Waals surface area contributed by atoms with Gasteiger partial charge in [0, 0.05) is 12.8 Å². The predicted octanol–water partition coefficient (Wildman–Crippen LogP) is 1.09. The first-order chi connectivity index (χ1) is 6.70. The highest BCUT2D eigenvalue weighted by atomic mass is 32.2. The van der Waals surface area contributed by atoms with Crippen molar-refractivity contribution in [2.75, 3.05) is 0 Å². The molecule has 0 spiro atoms. The molecule has 0 aliphatic heterocycles. The SMILES string of the molecule is CCCCCC(=O)CC(C)(N)S(=O)(=O)O. The Kier molecular flexibility index (Phi) is 5.41. The maximum Gasteiger partial charge on any atom is 0.283 e. The van der Waals surface area contributed by atoms with Gasteiger partial charge in [-0.2, -0.15) is 8.42 Å². The first-order valence-electron chi connectivity index (χ1n) is 4.98. The van der Waals surface area contributed by atoms with E-state index in [1.807, 2.05) is 6.92 Å². The molecule has 90 valence electrons. The van der Waals surface area contributed by atoms with Crippen LogP contribution in [-0.2, 0) is 14.9 Å². The molecule has 0 rings (SSSR count). The fraction of sp³-hybridized carbons (Fsp3) is 0.889. The minimum absolute atomic E-state index is 0.230. The van der Waals surface area contributed by atoms with Gasteiger partial charge < -0.3 is 5.73 Å². The van der Waals surface area contributed by atoms with E-state index in [1.54, 1.807) is 0 Å². The molecule has 0 aliphatic rings. The van der Waals surface area contributed by atoms with Gasteiger partial charge in [-0.15, -0.1) is 0 Å². The number of hydrogen-bond donors (Lipinski definition) is 2. The molecule has 5 nitrogen and oxygen atoms in total. The zero-order valence-corrected chi connectivity index (χ0v) is 10.0. The molecule has 0 amide bonds. The smallest absolute Gasteiger partial charge is 0.283 e. The monoisotopic (exact) mass is 237 g/mol. The van der Waals surface area contributed by atoms with Gasteiger partial charge in [-0.3, -0.25) is 9.35 Å². The van der Waals surface area contributed by atoms with Crippen molar-refractivity contribution in [3.05, 3.63) is 0 Å². The molecule has 3 N–H and O–H groups in total. The summed E-state index contributed by atoms with van der Waals surface area (Å²) in [5.41, 5.74) is 5.34. The minimum Gasteiger partial charge on any atom is -0.310 e. The number of nitrogens with two attached hydrogens (primary N) is 1. The fourth-order valence-corrected chi connectivity index (χ4v) is 1.49. The Labute approximate surface area is 90.8 Å². The number of rotatable bonds is 7. The first-order valence-corrected chi connectivity index (χ1v) is 6.42. The van der Waals surface area contributed by atoms with Gasteiger partial charge in [-0.05, 0) is 13.3 Å². The third-order valence-corrected chi connectivity index (χ3v) is 3.52. The second-order valence-electron chi connectivity index (χ2n) is 3.96. The maximum atomic E-state index is 11.3. The summed E-state index contributed by atoms with van der Waals surface area (Å²) in [5, 5.41) is 0. The lowest BCUT2D eigenvalue weighted by atomic mass is 10.1. The Morgan fingerprint density at radius 1 is 1.40 bits per heavy atom. The lowest BCUT2D eigenvalue weighted by molar-refractivity contribution is -0.119. The molecule has 6 heteroatoms. The van der Waals surface area contributed by atoms with E-state index in [2.05, 4.69) is 0 Å². The van der Waals surface area contributed by atoms with Crippen LogP contribution in [0.3, 0.4) is 0 Å². The Hall–Kier alpha value is -0.460. The van der Waals surface area contributed by atoms with Crippen LogP contribution in [-0.4, -0.2) is 23.6 Å². The number of ketones is 1. The van der Waals surface area contributed by atoms with Crippen LogP contribution < -0.4 is 5.73 Å². The highest BCUT2D eigenvalue weighted by molar-refractivity contribution is 7.87. The lowest BCUT2D eigenvalue weighted by Gasteiger charge is -2.19. The highest BCUT2D eigenvalue weighted by Gasteiger charge is 2.35. The molecule has 0 fully saturated rings. The molecule has 1 unspecified atom stereocenters. The third-order valence-electron chi connectivity index (χ3n) is 2.20. The standard InChI is InChI=1S/C9H19NO4S/c1-3-4-5-6-8(11)7-9(2,10)15(12,13)14/h3-7,10H2,1-2H3,(H,12,13,14). The van der Waals surface area contributed by atoms with Crippen LogP contribution in [0.2, 0.25) is 0 Å². The van der Waals surface area contributed by atoms with E-state index in [0.717, 1.165) is 26.2 Å². The molecule has 0 saturated heterocycles. The van der Waals surface area contributed by atoms with Crippen LogP contribution in [0.5, 0.6) is 0 Å². The molecule has 0 heterocycles. The van der Waals surface area contributed by atoms with Gasteiger partial charge in [-0.25, -0.2) is 0 Å². The van der Waals surface area contributed by atoms with Gasteiger partial charge in [0.1, 0.15) is 10.7 Å². The summed E-state index contributed by atoms with van der Waals surface area (Å²) in [6.45, 7) is 3.15. The summed E-state index contributed by atoms with van der Waals surface area (Å²) in [5.74, 6) is -0.230. The summed E-state index contributed by atoms with van der Waals surface area (Å²) < 4.78 is 30.4. The van der Waals surface area contributed by atoms with Gasteiger partial charge in [0.15, 0.2) is 0 Å². The average molecular weight is 237 g/mol. The number of carbonyl (C=O) groups is 1. The fourth-order valence-electron chi connectivity index (χ4n) is 1.14. The Morgan fingerprint density at radius 2 is 1.93 bits per heavy atom. The maximum absolute atomic E-state index is 11.3. The molecule has 1 atom stereocenters. The summed E-state index contributed by atoms with van der Waals surface area (Å²) >= 11 is 0. The van der Waals surface area contributed by atoms with Crippen molar-refractivity contribution in [1.29, 1.82) is 0 Å². The highest BCUT2D eigenvalue weighted by Crippen LogP contribution is 2.15. The Morgan fingerprint density at radius 3 is 2.33 bits per heavy atom. The topological polar surface area (TPSA) is 97.5 Å². The Bertz CT molecular complexity index is 308. The van der Waals surface area contributed by atoms with Crippen LogP contribution in [0.4, 0.5) is 0 Å². The van der Waals surface area contributed by atoms with Crippen molar-refractivity contribution in [3.8, 4) is 0 Å². The molecule has 0 bridgehead atoms. The van der Waals surface area contributed by atoms with Crippen molar-refractivity contribution < 1.29 is 17.8 Å². The van der Waals surface area contributed by atoms with E-state index >= 15 is 0 Å². The van der Waals surface area contributed by atoms with Crippen molar-refractivity contribution in [1.82, 2.24) is 0 Å². The quantitative estimate of drug-likeness (QED) is 0.510. The second-order valence-corrected chi connectivity index (χ2v) is 5.84. The zero-order chi connectivity index (χ0) is 12.1. The van der Waals surface area contributed by atoms with Gasteiger partial charge in [-0.1, -0.05) is 19.8 Å². The normalized spacial score (nSPS) is 16.0. The van der Waals surface area contributed by atoms with Crippen molar-refractivity contribution in [2.45, 2.75) is 50.8 Å². The molecule has 0 aliphatic carbocycles. The largest absolute Gasteiger partial charge is 0.310 e. The minimum atomic E-state index is -4.37.